The molecule has 0 radical (unpaired) electrons. The first kappa shape index (κ1) is 14.9. The Hall–Kier alpha value is -2.05. The number of rotatable bonds is 7. The summed E-state index contributed by atoms with van der Waals surface area (Å²) in [6.45, 7) is 5.16. The van der Waals surface area contributed by atoms with Crippen LogP contribution in [0, 0.1) is 0 Å². The fourth-order valence-electron chi connectivity index (χ4n) is 1.06. The lowest BCUT2D eigenvalue weighted by atomic mass is 10.1. The molecule has 17 heavy (non-hydrogen) atoms. The Morgan fingerprint density at radius 3 is 2.41 bits per heavy atom. The van der Waals surface area contributed by atoms with Gasteiger partial charge in [0.05, 0.1) is 0 Å². The van der Waals surface area contributed by atoms with Crippen LogP contribution in [0.4, 0.5) is 4.79 Å². The zero-order chi connectivity index (χ0) is 13.4. The number of primary amides is 1. The number of nitrogens with one attached hydrogen (secondary N) is 2. The van der Waals surface area contributed by atoms with Crippen molar-refractivity contribution in [2.45, 2.75) is 25.8 Å². The molecular formula is C10H17N3O4. The second kappa shape index (κ2) is 7.26. The second-order valence-electron chi connectivity index (χ2n) is 3.58. The average molecular weight is 243 g/mol. The minimum Gasteiger partial charge on any atom is -0.480 e. The number of aliphatic carboxylic acids is 1. The van der Waals surface area contributed by atoms with Crippen LogP contribution in [0.2, 0.25) is 0 Å². The quantitative estimate of drug-likeness (QED) is 0.358. The summed E-state index contributed by atoms with van der Waals surface area (Å²) < 4.78 is 0. The molecule has 0 aromatic heterocycles. The minimum atomic E-state index is -1.13. The highest BCUT2D eigenvalue weighted by Crippen LogP contribution is 1.99. The van der Waals surface area contributed by atoms with Gasteiger partial charge in [0.25, 0.3) is 0 Å². The average Bonchev–Trinajstić information content (AvgIpc) is 2.21. The fourth-order valence-corrected chi connectivity index (χ4v) is 1.06. The van der Waals surface area contributed by atoms with Crippen molar-refractivity contribution in [2.24, 2.45) is 5.73 Å². The normalized spacial score (nSPS) is 11.4. The molecule has 0 heterocycles. The maximum absolute atomic E-state index is 11.2. The molecule has 0 aromatic rings. The predicted molar refractivity (Wildman–Crippen MR) is 61.2 cm³/mol. The predicted octanol–water partition coefficient (Wildman–Crippen LogP) is -0.420. The van der Waals surface area contributed by atoms with Crippen LogP contribution < -0.4 is 16.4 Å². The van der Waals surface area contributed by atoms with Gasteiger partial charge in [-0.1, -0.05) is 6.58 Å². The Morgan fingerprint density at radius 1 is 1.41 bits per heavy atom. The van der Waals surface area contributed by atoms with Gasteiger partial charge in [-0.25, -0.2) is 9.59 Å². The molecule has 7 heteroatoms. The van der Waals surface area contributed by atoms with Crippen molar-refractivity contribution < 1.29 is 19.5 Å². The molecule has 1 atom stereocenters. The topological polar surface area (TPSA) is 122 Å². The summed E-state index contributed by atoms with van der Waals surface area (Å²) >= 11 is 0. The Bertz CT molecular complexity index is 328. The Labute approximate surface area is 99.1 Å². The number of hydrogen-bond donors (Lipinski definition) is 4. The fraction of sp³-hybridized carbons (Fsp3) is 0.500. The molecule has 0 saturated heterocycles. The van der Waals surface area contributed by atoms with E-state index in [1.165, 1.54) is 6.92 Å². The minimum absolute atomic E-state index is 0.203. The molecule has 5 N–H and O–H groups in total. The molecule has 7 nitrogen and oxygen atoms in total. The number of carbonyl (C=O) groups is 3. The van der Waals surface area contributed by atoms with Crippen LogP contribution in [0.15, 0.2) is 12.2 Å². The van der Waals surface area contributed by atoms with Gasteiger partial charge >= 0.3 is 12.0 Å². The second-order valence-corrected chi connectivity index (χ2v) is 3.58. The molecule has 0 aliphatic heterocycles. The molecule has 0 saturated carbocycles. The van der Waals surface area contributed by atoms with E-state index in [0.29, 0.717) is 6.42 Å². The Morgan fingerprint density at radius 2 is 2.00 bits per heavy atom. The summed E-state index contributed by atoms with van der Waals surface area (Å²) in [5.41, 5.74) is 5.08. The number of hydrogen-bond acceptors (Lipinski definition) is 3. The van der Waals surface area contributed by atoms with Crippen molar-refractivity contribution in [1.29, 1.82) is 0 Å². The lowest BCUT2D eigenvalue weighted by molar-refractivity contribution is -0.141. The molecular weight excluding hydrogens is 226 g/mol. The number of carboxylic acids is 1. The standard InChI is InChI=1S/C10H17N3O4/c1-6(2)8(14)13-7(9(15)16)4-3-5-12-10(11)17/h7H,1,3-5H2,2H3,(H,13,14)(H,15,16)(H3,11,12,17)/t7-/m0/s1. The molecule has 0 aromatic carbocycles. The molecule has 3 amide bonds. The van der Waals surface area contributed by atoms with Gasteiger partial charge in [0.15, 0.2) is 0 Å². The molecule has 96 valence electrons. The third kappa shape index (κ3) is 6.93. The SMILES string of the molecule is C=C(C)C(=O)N[C@@H](CCCNC(N)=O)C(=O)O. The van der Waals surface area contributed by atoms with Gasteiger partial charge in [-0.2, -0.15) is 0 Å². The summed E-state index contributed by atoms with van der Waals surface area (Å²) in [6, 6.07) is -1.66. The largest absolute Gasteiger partial charge is 0.480 e. The first-order valence-corrected chi connectivity index (χ1v) is 5.07. The van der Waals surface area contributed by atoms with Crippen LogP contribution >= 0.6 is 0 Å². The monoisotopic (exact) mass is 243 g/mol. The van der Waals surface area contributed by atoms with Gasteiger partial charge in [0, 0.05) is 12.1 Å². The van der Waals surface area contributed by atoms with Crippen LogP contribution in [-0.4, -0.2) is 35.6 Å². The Kier molecular flexibility index (Phi) is 6.39. The molecule has 0 bridgehead atoms. The number of urea groups is 1. The van der Waals surface area contributed by atoms with E-state index in [1.807, 2.05) is 0 Å². The number of nitrogens with two attached hydrogens (primary N) is 1. The summed E-state index contributed by atoms with van der Waals surface area (Å²) in [6.07, 6.45) is 0.602. The van der Waals surface area contributed by atoms with Gasteiger partial charge in [0.2, 0.25) is 5.91 Å². The third-order valence-corrected chi connectivity index (χ3v) is 1.96. The summed E-state index contributed by atoms with van der Waals surface area (Å²) in [7, 11) is 0. The lowest BCUT2D eigenvalue weighted by Gasteiger charge is -2.14. The van der Waals surface area contributed by atoms with E-state index in [1.54, 1.807) is 0 Å². The van der Waals surface area contributed by atoms with Crippen LogP contribution in [0.25, 0.3) is 0 Å². The van der Waals surface area contributed by atoms with Crippen molar-refractivity contribution in [3.63, 3.8) is 0 Å². The molecule has 0 fully saturated rings. The van der Waals surface area contributed by atoms with Gasteiger partial charge < -0.3 is 21.5 Å². The van der Waals surface area contributed by atoms with E-state index in [4.69, 9.17) is 10.8 Å². The van der Waals surface area contributed by atoms with Crippen molar-refractivity contribution in [3.8, 4) is 0 Å². The first-order chi connectivity index (χ1) is 7.84. The third-order valence-electron chi connectivity index (χ3n) is 1.96. The van der Waals surface area contributed by atoms with Crippen LogP contribution in [0.3, 0.4) is 0 Å². The van der Waals surface area contributed by atoms with Crippen LogP contribution in [0.5, 0.6) is 0 Å². The molecule has 0 unspecified atom stereocenters. The van der Waals surface area contributed by atoms with E-state index < -0.39 is 23.9 Å². The Balaban J connectivity index is 4.08. The molecule has 0 rings (SSSR count). The highest BCUT2D eigenvalue weighted by atomic mass is 16.4. The highest BCUT2D eigenvalue weighted by molar-refractivity contribution is 5.94. The van der Waals surface area contributed by atoms with E-state index in [2.05, 4.69) is 17.2 Å². The maximum Gasteiger partial charge on any atom is 0.326 e. The highest BCUT2D eigenvalue weighted by Gasteiger charge is 2.19. The summed E-state index contributed by atoms with van der Waals surface area (Å²) in [5.74, 6) is -1.63. The van der Waals surface area contributed by atoms with Crippen molar-refractivity contribution >= 4 is 17.9 Å². The summed E-state index contributed by atoms with van der Waals surface area (Å²) in [4.78, 5) is 32.4. The smallest absolute Gasteiger partial charge is 0.326 e. The summed E-state index contributed by atoms with van der Waals surface area (Å²) in [5, 5.41) is 13.5. The lowest BCUT2D eigenvalue weighted by Crippen LogP contribution is -2.41. The van der Waals surface area contributed by atoms with E-state index in [0.717, 1.165) is 0 Å². The van der Waals surface area contributed by atoms with E-state index in [-0.39, 0.29) is 18.5 Å². The van der Waals surface area contributed by atoms with Gasteiger partial charge in [-0.15, -0.1) is 0 Å². The van der Waals surface area contributed by atoms with Crippen LogP contribution in [0.1, 0.15) is 19.8 Å². The first-order valence-electron chi connectivity index (χ1n) is 5.07. The molecule has 0 aliphatic rings. The number of carboxylic acid groups (broad SMARTS) is 1. The molecule has 0 spiro atoms. The van der Waals surface area contributed by atoms with Crippen LogP contribution in [-0.2, 0) is 9.59 Å². The van der Waals surface area contributed by atoms with Gasteiger partial charge in [-0.3, -0.25) is 4.79 Å². The van der Waals surface area contributed by atoms with Gasteiger partial charge in [-0.05, 0) is 19.8 Å². The van der Waals surface area contributed by atoms with Crippen molar-refractivity contribution in [3.05, 3.63) is 12.2 Å². The molecule has 0 aliphatic carbocycles. The zero-order valence-electron chi connectivity index (χ0n) is 9.66. The van der Waals surface area contributed by atoms with E-state index >= 15 is 0 Å². The number of carbonyl (C=O) groups excluding carboxylic acids is 2. The maximum atomic E-state index is 11.2. The van der Waals surface area contributed by atoms with Crippen molar-refractivity contribution in [1.82, 2.24) is 10.6 Å². The zero-order valence-corrected chi connectivity index (χ0v) is 9.66. The number of amides is 3. The van der Waals surface area contributed by atoms with Gasteiger partial charge in [0.1, 0.15) is 6.04 Å². The van der Waals surface area contributed by atoms with Crippen molar-refractivity contribution in [2.75, 3.05) is 6.54 Å². The van der Waals surface area contributed by atoms with E-state index in [9.17, 15) is 14.4 Å².